The predicted octanol–water partition coefficient (Wildman–Crippen LogP) is 16.0. The van der Waals surface area contributed by atoms with Gasteiger partial charge in [-0.25, -0.2) is 0 Å². The standard InChI is InChI=1S/C44H31N.C19H16.CH4N2/c1-30-13-5-6-16-35(30)32-25-23-31(24-26-32)33-27-28-37-36-17-7-8-18-38(36)44(41(37)29-33)39-19-9-11-21-42(39)45(34-14-3-2-4-15-34)43-22-12-10-20-40(43)44;1-3-7-16(8-4-1)15-17-11-13-19(14-12-17)18-9-5-2-6-10-18;1-3-2/h2-29H,1H3;1-14H,15H2;1-2H2. The molecule has 3 heteroatoms. The van der Waals surface area contributed by atoms with Gasteiger partial charge in [-0.15, -0.1) is 0 Å². The summed E-state index contributed by atoms with van der Waals surface area (Å²) >= 11 is 0. The van der Waals surface area contributed by atoms with Gasteiger partial charge in [0.15, 0.2) is 0 Å². The first-order valence-corrected chi connectivity index (χ1v) is 22.9. The van der Waals surface area contributed by atoms with E-state index in [2.05, 4.69) is 278 Å². The molecule has 0 saturated carbocycles. The van der Waals surface area contributed by atoms with E-state index in [1.807, 2.05) is 6.07 Å². The van der Waals surface area contributed by atoms with Crippen molar-refractivity contribution in [2.45, 2.75) is 18.8 Å². The van der Waals surface area contributed by atoms with Crippen LogP contribution in [0.4, 0.5) is 17.1 Å². The highest BCUT2D eigenvalue weighted by Crippen LogP contribution is 2.63. The molecular weight excluding hydrogens is 811 g/mol. The van der Waals surface area contributed by atoms with E-state index in [-0.39, 0.29) is 0 Å². The van der Waals surface area contributed by atoms with Crippen molar-refractivity contribution >= 4 is 23.8 Å². The summed E-state index contributed by atoms with van der Waals surface area (Å²) in [7, 11) is 0. The number of anilines is 3. The number of aryl methyl sites for hydroxylation is 1. The van der Waals surface area contributed by atoms with E-state index in [1.165, 1.54) is 101 Å². The van der Waals surface area contributed by atoms with Gasteiger partial charge in [-0.1, -0.05) is 224 Å². The zero-order valence-electron chi connectivity index (χ0n) is 37.6. The quantitative estimate of drug-likeness (QED) is 0.103. The fourth-order valence-corrected chi connectivity index (χ4v) is 10.2. The summed E-state index contributed by atoms with van der Waals surface area (Å²) < 4.78 is 0. The van der Waals surface area contributed by atoms with Crippen LogP contribution in [0.15, 0.2) is 260 Å². The predicted molar refractivity (Wildman–Crippen MR) is 282 cm³/mol. The minimum absolute atomic E-state index is 0.443. The first kappa shape index (κ1) is 42.4. The van der Waals surface area contributed by atoms with Crippen LogP contribution in [0.2, 0.25) is 0 Å². The van der Waals surface area contributed by atoms with Crippen LogP contribution in [-0.4, -0.2) is 6.72 Å². The number of fused-ring (bicyclic) bond motifs is 9. The van der Waals surface area contributed by atoms with Crippen molar-refractivity contribution in [2.75, 3.05) is 4.90 Å². The Morgan fingerprint density at radius 3 is 1.43 bits per heavy atom. The molecule has 1 aliphatic heterocycles. The van der Waals surface area contributed by atoms with Crippen LogP contribution >= 0.6 is 0 Å². The van der Waals surface area contributed by atoms with Crippen LogP contribution in [0.1, 0.15) is 38.9 Å². The topological polar surface area (TPSA) is 41.6 Å². The van der Waals surface area contributed by atoms with Crippen LogP contribution in [-0.2, 0) is 11.8 Å². The van der Waals surface area contributed by atoms with Crippen LogP contribution in [0.5, 0.6) is 0 Å². The molecule has 0 fully saturated rings. The van der Waals surface area contributed by atoms with Gasteiger partial charge >= 0.3 is 0 Å². The summed E-state index contributed by atoms with van der Waals surface area (Å²) in [6, 6.07) is 92.5. The molecule has 0 unspecified atom stereocenters. The molecule has 2 N–H and O–H groups in total. The van der Waals surface area contributed by atoms with Gasteiger partial charge < -0.3 is 10.7 Å². The van der Waals surface area contributed by atoms with Crippen molar-refractivity contribution in [2.24, 2.45) is 10.9 Å². The Kier molecular flexibility index (Phi) is 12.0. The largest absolute Gasteiger partial charge is 0.324 e. The Hall–Kier alpha value is -8.53. The molecule has 322 valence electrons. The Bertz CT molecular complexity index is 3240. The van der Waals surface area contributed by atoms with Crippen LogP contribution in [0.3, 0.4) is 0 Å². The van der Waals surface area contributed by atoms with Crippen LogP contribution < -0.4 is 10.7 Å². The van der Waals surface area contributed by atoms with Crippen molar-refractivity contribution in [3.63, 3.8) is 0 Å². The van der Waals surface area contributed by atoms with E-state index < -0.39 is 5.41 Å². The SMILES string of the molecule is C=NN.Cc1ccccc1-c1ccc(-c2ccc3c(c2)C2(c4ccccc4-3)c3ccccc3N(c3ccccc3)c3ccccc32)cc1.c1ccc(Cc2ccc(-c3ccccc3)cc2)cc1. The third kappa shape index (κ3) is 8.02. The molecular formula is C64H51N3. The third-order valence-corrected chi connectivity index (χ3v) is 13.1. The van der Waals surface area contributed by atoms with Gasteiger partial charge in [-0.3, -0.25) is 0 Å². The lowest BCUT2D eigenvalue weighted by Gasteiger charge is -2.45. The van der Waals surface area contributed by atoms with Crippen LogP contribution in [0, 0.1) is 6.92 Å². The highest BCUT2D eigenvalue weighted by molar-refractivity contribution is 5.96. The summed E-state index contributed by atoms with van der Waals surface area (Å²) in [6.07, 6.45) is 0.996. The molecule has 1 aliphatic carbocycles. The Balaban J connectivity index is 0.000000199. The zero-order chi connectivity index (χ0) is 45.6. The Morgan fingerprint density at radius 1 is 0.388 bits per heavy atom. The number of nitrogens with two attached hydrogens (primary N) is 1. The van der Waals surface area contributed by atoms with Crippen molar-refractivity contribution in [1.29, 1.82) is 0 Å². The Labute approximate surface area is 394 Å². The lowest BCUT2D eigenvalue weighted by Crippen LogP contribution is -2.36. The third-order valence-electron chi connectivity index (χ3n) is 13.1. The highest BCUT2D eigenvalue weighted by Gasteiger charge is 2.51. The number of rotatable bonds is 6. The molecule has 3 nitrogen and oxygen atoms in total. The summed E-state index contributed by atoms with van der Waals surface area (Å²) in [5.74, 6) is 4.36. The molecule has 1 heterocycles. The van der Waals surface area contributed by atoms with Gasteiger partial charge in [-0.2, -0.15) is 5.10 Å². The van der Waals surface area contributed by atoms with E-state index >= 15 is 0 Å². The van der Waals surface area contributed by atoms with E-state index in [4.69, 9.17) is 0 Å². The van der Waals surface area contributed by atoms with Gasteiger partial charge in [0.25, 0.3) is 0 Å². The van der Waals surface area contributed by atoms with Crippen molar-refractivity contribution in [3.05, 3.63) is 294 Å². The minimum atomic E-state index is -0.443. The maximum absolute atomic E-state index is 4.36. The fourth-order valence-electron chi connectivity index (χ4n) is 10.2. The second-order valence-corrected chi connectivity index (χ2v) is 17.1. The smallest absolute Gasteiger partial charge is 0.0754 e. The van der Waals surface area contributed by atoms with E-state index in [1.54, 1.807) is 0 Å². The Morgan fingerprint density at radius 2 is 0.806 bits per heavy atom. The molecule has 0 saturated heterocycles. The lowest BCUT2D eigenvalue weighted by molar-refractivity contribution is 0.753. The molecule has 1 spiro atoms. The van der Waals surface area contributed by atoms with E-state index in [0.29, 0.717) is 0 Å². The van der Waals surface area contributed by atoms with E-state index in [9.17, 15) is 0 Å². The highest BCUT2D eigenvalue weighted by atomic mass is 15.2. The average molecular weight is 862 g/mol. The second kappa shape index (κ2) is 18.9. The molecule has 2 aliphatic rings. The summed E-state index contributed by atoms with van der Waals surface area (Å²) in [5.41, 5.74) is 22.6. The normalized spacial score (nSPS) is 12.2. The monoisotopic (exact) mass is 861 g/mol. The second-order valence-electron chi connectivity index (χ2n) is 17.1. The van der Waals surface area contributed by atoms with Gasteiger partial charge in [0.2, 0.25) is 0 Å². The van der Waals surface area contributed by atoms with Gasteiger partial charge in [-0.05, 0) is 127 Å². The number of para-hydroxylation sites is 3. The van der Waals surface area contributed by atoms with Gasteiger partial charge in [0.1, 0.15) is 0 Å². The maximum Gasteiger partial charge on any atom is 0.0754 e. The average Bonchev–Trinajstić information content (AvgIpc) is 3.68. The van der Waals surface area contributed by atoms with E-state index in [0.717, 1.165) is 6.42 Å². The number of hydrogen-bond acceptors (Lipinski definition) is 3. The molecule has 10 aromatic rings. The molecule has 0 bridgehead atoms. The number of hydrazone groups is 1. The van der Waals surface area contributed by atoms with Crippen molar-refractivity contribution in [1.82, 2.24) is 0 Å². The molecule has 0 amide bonds. The maximum atomic E-state index is 4.36. The first-order chi connectivity index (χ1) is 33.1. The summed E-state index contributed by atoms with van der Waals surface area (Å²) in [5, 5.41) is 2.75. The van der Waals surface area contributed by atoms with Gasteiger partial charge in [0.05, 0.1) is 16.8 Å². The minimum Gasteiger partial charge on any atom is -0.324 e. The number of benzene rings is 10. The van der Waals surface area contributed by atoms with Crippen molar-refractivity contribution < 1.29 is 0 Å². The number of hydrogen-bond donors (Lipinski definition) is 1. The van der Waals surface area contributed by atoms with Crippen molar-refractivity contribution in [3.8, 4) is 44.5 Å². The first-order valence-electron chi connectivity index (χ1n) is 22.9. The molecule has 0 aromatic heterocycles. The van der Waals surface area contributed by atoms with Crippen LogP contribution in [0.25, 0.3) is 44.5 Å². The molecule has 0 radical (unpaired) electrons. The molecule has 10 aromatic carbocycles. The molecule has 0 atom stereocenters. The zero-order valence-corrected chi connectivity index (χ0v) is 37.6. The molecule has 67 heavy (non-hydrogen) atoms. The van der Waals surface area contributed by atoms with Gasteiger partial charge in [0, 0.05) is 12.4 Å². The molecule has 12 rings (SSSR count). The number of nitrogens with zero attached hydrogens (tertiary/aromatic N) is 2. The summed E-state index contributed by atoms with van der Waals surface area (Å²) in [6.45, 7) is 5.07. The fraction of sp³-hybridized carbons (Fsp3) is 0.0469. The lowest BCUT2D eigenvalue weighted by atomic mass is 9.64. The summed E-state index contributed by atoms with van der Waals surface area (Å²) in [4.78, 5) is 2.44.